The lowest BCUT2D eigenvalue weighted by Crippen LogP contribution is -2.51. The first-order chi connectivity index (χ1) is 7.68. The van der Waals surface area contributed by atoms with Gasteiger partial charge < -0.3 is 15.3 Å². The molecule has 0 saturated heterocycles. The van der Waals surface area contributed by atoms with Gasteiger partial charge in [0.05, 0.1) is 5.54 Å². The van der Waals surface area contributed by atoms with Gasteiger partial charge in [0.1, 0.15) is 6.54 Å². The fourth-order valence-corrected chi connectivity index (χ4v) is 1.21. The lowest BCUT2D eigenvalue weighted by Gasteiger charge is -2.27. The monoisotopic (exact) mass is 240 g/mol. The highest BCUT2D eigenvalue weighted by Crippen LogP contribution is 2.04. The maximum Gasteiger partial charge on any atom is 0.323 e. The molecule has 0 unspecified atom stereocenters. The largest absolute Gasteiger partial charge is 0.480 e. The van der Waals surface area contributed by atoms with Crippen LogP contribution in [0.4, 0.5) is 4.79 Å². The van der Waals surface area contributed by atoms with Crippen molar-refractivity contribution in [2.45, 2.75) is 33.2 Å². The molecule has 2 N–H and O–H groups in total. The molecule has 0 aliphatic heterocycles. The fourth-order valence-electron chi connectivity index (χ4n) is 1.21. The number of carbonyl (C=O) groups is 2. The van der Waals surface area contributed by atoms with E-state index in [0.717, 1.165) is 0 Å². The highest BCUT2D eigenvalue weighted by Gasteiger charge is 2.23. The lowest BCUT2D eigenvalue weighted by atomic mass is 10.1. The second kappa shape index (κ2) is 6.14. The zero-order valence-electron chi connectivity index (χ0n) is 10.8. The molecule has 5 nitrogen and oxygen atoms in total. The van der Waals surface area contributed by atoms with E-state index in [1.807, 2.05) is 13.8 Å². The van der Waals surface area contributed by atoms with E-state index in [2.05, 4.69) is 11.2 Å². The minimum atomic E-state index is -1.04. The predicted molar refractivity (Wildman–Crippen MR) is 65.5 cm³/mol. The summed E-state index contributed by atoms with van der Waals surface area (Å²) in [7, 11) is 0. The van der Waals surface area contributed by atoms with Crippen LogP contribution in [0.1, 0.15) is 27.7 Å². The van der Waals surface area contributed by atoms with Gasteiger partial charge in [-0.3, -0.25) is 4.79 Å². The third-order valence-electron chi connectivity index (χ3n) is 1.98. The van der Waals surface area contributed by atoms with E-state index in [1.165, 1.54) is 4.90 Å². The minimum Gasteiger partial charge on any atom is -0.480 e. The Hall–Kier alpha value is -1.70. The molecular weight excluding hydrogens is 220 g/mol. The average molecular weight is 240 g/mol. The second-order valence-electron chi connectivity index (χ2n) is 4.87. The zero-order valence-corrected chi connectivity index (χ0v) is 10.8. The Labute approximate surface area is 102 Å². The summed E-state index contributed by atoms with van der Waals surface area (Å²) in [6.07, 6.45) is 5.26. The van der Waals surface area contributed by atoms with Crippen molar-refractivity contribution in [2.75, 3.05) is 13.1 Å². The number of rotatable bonds is 5. The molecular formula is C12H20N2O3. The molecule has 0 aromatic carbocycles. The third-order valence-corrected chi connectivity index (χ3v) is 1.98. The Morgan fingerprint density at radius 1 is 1.47 bits per heavy atom. The Kier molecular flexibility index (Phi) is 5.52. The molecule has 0 bridgehead atoms. The summed E-state index contributed by atoms with van der Waals surface area (Å²) >= 11 is 0. The molecule has 0 aromatic rings. The normalized spacial score (nSPS) is 10.8. The van der Waals surface area contributed by atoms with E-state index in [0.29, 0.717) is 6.54 Å². The fraction of sp³-hybridized carbons (Fsp3) is 0.667. The van der Waals surface area contributed by atoms with Gasteiger partial charge in [-0.2, -0.15) is 0 Å². The van der Waals surface area contributed by atoms with E-state index in [1.54, 1.807) is 13.8 Å². The molecule has 0 aliphatic carbocycles. The number of carboxylic acid groups (broad SMARTS) is 1. The van der Waals surface area contributed by atoms with Crippen LogP contribution in [-0.4, -0.2) is 40.6 Å². The molecule has 0 radical (unpaired) electrons. The smallest absolute Gasteiger partial charge is 0.323 e. The molecule has 2 amide bonds. The van der Waals surface area contributed by atoms with E-state index in [-0.39, 0.29) is 12.5 Å². The topological polar surface area (TPSA) is 69.6 Å². The summed E-state index contributed by atoms with van der Waals surface area (Å²) in [6, 6.07) is -0.455. The summed E-state index contributed by atoms with van der Waals surface area (Å²) < 4.78 is 0. The van der Waals surface area contributed by atoms with Crippen molar-refractivity contribution in [3.05, 3.63) is 0 Å². The molecule has 17 heavy (non-hydrogen) atoms. The molecule has 0 aliphatic rings. The van der Waals surface area contributed by atoms with Crippen LogP contribution in [0.25, 0.3) is 0 Å². The Morgan fingerprint density at radius 2 is 2.00 bits per heavy atom. The van der Waals surface area contributed by atoms with Crippen LogP contribution in [0.5, 0.6) is 0 Å². The van der Waals surface area contributed by atoms with Crippen LogP contribution in [0.2, 0.25) is 0 Å². The number of terminal acetylenes is 1. The highest BCUT2D eigenvalue weighted by molar-refractivity contribution is 5.80. The van der Waals surface area contributed by atoms with Gasteiger partial charge >= 0.3 is 12.0 Å². The van der Waals surface area contributed by atoms with Crippen molar-refractivity contribution in [1.82, 2.24) is 10.2 Å². The Bertz CT molecular complexity index is 329. The second-order valence-corrected chi connectivity index (χ2v) is 4.87. The quantitative estimate of drug-likeness (QED) is 0.708. The molecule has 0 rings (SSSR count). The van der Waals surface area contributed by atoms with Crippen molar-refractivity contribution >= 4 is 12.0 Å². The number of aliphatic carboxylic acids is 1. The highest BCUT2D eigenvalue weighted by atomic mass is 16.4. The molecule has 5 heteroatoms. The van der Waals surface area contributed by atoms with Crippen molar-refractivity contribution in [3.63, 3.8) is 0 Å². The predicted octanol–water partition coefficient (Wildman–Crippen LogP) is 1.15. The van der Waals surface area contributed by atoms with Gasteiger partial charge in [0, 0.05) is 6.54 Å². The van der Waals surface area contributed by atoms with Crippen LogP contribution < -0.4 is 5.32 Å². The van der Waals surface area contributed by atoms with Crippen molar-refractivity contribution in [2.24, 2.45) is 5.92 Å². The molecule has 0 fully saturated rings. The summed E-state index contributed by atoms with van der Waals surface area (Å²) in [5, 5.41) is 11.3. The molecule has 0 spiro atoms. The number of amides is 2. The maximum absolute atomic E-state index is 11.8. The molecule has 0 heterocycles. The first-order valence-corrected chi connectivity index (χ1v) is 5.44. The van der Waals surface area contributed by atoms with Crippen molar-refractivity contribution in [3.8, 4) is 12.3 Å². The molecule has 96 valence electrons. The Balaban J connectivity index is 4.64. The molecule has 0 atom stereocenters. The first kappa shape index (κ1) is 15.3. The van der Waals surface area contributed by atoms with Gasteiger partial charge in [0.25, 0.3) is 0 Å². The van der Waals surface area contributed by atoms with Crippen LogP contribution in [-0.2, 0) is 4.79 Å². The maximum atomic E-state index is 11.8. The van der Waals surface area contributed by atoms with E-state index in [4.69, 9.17) is 11.5 Å². The number of hydrogen-bond donors (Lipinski definition) is 2. The first-order valence-electron chi connectivity index (χ1n) is 5.44. The number of carbonyl (C=O) groups excluding carboxylic acids is 1. The number of nitrogens with zero attached hydrogens (tertiary/aromatic N) is 1. The van der Waals surface area contributed by atoms with Gasteiger partial charge in [0.15, 0.2) is 0 Å². The number of hydrogen-bond acceptors (Lipinski definition) is 2. The summed E-state index contributed by atoms with van der Waals surface area (Å²) in [6.45, 7) is 7.23. The number of carboxylic acids is 1. The standard InChI is InChI=1S/C12H20N2O3/c1-6-12(4,5)13-11(17)14(7-9(2)3)8-10(15)16/h1,9H,7-8H2,2-5H3,(H,13,17)(H,15,16). The van der Waals surface area contributed by atoms with Gasteiger partial charge in [0.2, 0.25) is 0 Å². The number of urea groups is 1. The van der Waals surface area contributed by atoms with Crippen LogP contribution in [0, 0.1) is 18.3 Å². The summed E-state index contributed by atoms with van der Waals surface area (Å²) in [5.41, 5.74) is -0.787. The van der Waals surface area contributed by atoms with Crippen LogP contribution in [0.15, 0.2) is 0 Å². The average Bonchev–Trinajstić information content (AvgIpc) is 2.14. The van der Waals surface area contributed by atoms with E-state index < -0.39 is 17.5 Å². The molecule has 0 saturated carbocycles. The van der Waals surface area contributed by atoms with Gasteiger partial charge in [-0.05, 0) is 19.8 Å². The van der Waals surface area contributed by atoms with E-state index in [9.17, 15) is 9.59 Å². The van der Waals surface area contributed by atoms with Gasteiger partial charge in [-0.25, -0.2) is 4.79 Å². The Morgan fingerprint density at radius 3 is 2.35 bits per heavy atom. The SMILES string of the molecule is C#CC(C)(C)NC(=O)N(CC(=O)O)CC(C)C. The minimum absolute atomic E-state index is 0.189. The van der Waals surface area contributed by atoms with Crippen LogP contribution >= 0.6 is 0 Å². The summed E-state index contributed by atoms with van der Waals surface area (Å²) in [4.78, 5) is 23.8. The lowest BCUT2D eigenvalue weighted by molar-refractivity contribution is -0.137. The number of nitrogens with one attached hydrogen (secondary N) is 1. The third kappa shape index (κ3) is 6.46. The van der Waals surface area contributed by atoms with Gasteiger partial charge in [-0.15, -0.1) is 6.42 Å². The van der Waals surface area contributed by atoms with Crippen molar-refractivity contribution < 1.29 is 14.7 Å². The van der Waals surface area contributed by atoms with Crippen molar-refractivity contribution in [1.29, 1.82) is 0 Å². The molecule has 0 aromatic heterocycles. The van der Waals surface area contributed by atoms with Crippen LogP contribution in [0.3, 0.4) is 0 Å². The van der Waals surface area contributed by atoms with E-state index >= 15 is 0 Å². The zero-order chi connectivity index (χ0) is 13.6. The van der Waals surface area contributed by atoms with Gasteiger partial charge in [-0.1, -0.05) is 19.8 Å². The summed E-state index contributed by atoms with van der Waals surface area (Å²) in [5.74, 6) is 1.57.